The Balaban J connectivity index is 2.45. The topological polar surface area (TPSA) is 76.0 Å². The third-order valence-corrected chi connectivity index (χ3v) is 4.00. The van der Waals surface area contributed by atoms with Gasteiger partial charge in [-0.3, -0.25) is 0 Å². The standard InChI is InChI=1S/C16H16ClFO5/c1-22-12-7-13(23-2)10(16(20)21)6-9(12)15(19)8-4-3-5-11(17)14(8)18/h3-7,9,12,15,19H,1-2H3,(H,20,21). The molecule has 0 radical (unpaired) electrons. The molecule has 1 aromatic rings. The lowest BCUT2D eigenvalue weighted by Gasteiger charge is -2.30. The number of carboxylic acids is 1. The van der Waals surface area contributed by atoms with E-state index >= 15 is 0 Å². The van der Waals surface area contributed by atoms with E-state index in [0.29, 0.717) is 0 Å². The summed E-state index contributed by atoms with van der Waals surface area (Å²) >= 11 is 5.73. The van der Waals surface area contributed by atoms with Gasteiger partial charge in [0.1, 0.15) is 11.6 Å². The number of carboxylic acid groups (broad SMARTS) is 1. The number of hydrogen-bond acceptors (Lipinski definition) is 4. The minimum Gasteiger partial charge on any atom is -0.496 e. The second-order valence-electron chi connectivity index (χ2n) is 4.99. The van der Waals surface area contributed by atoms with Crippen LogP contribution in [0.5, 0.6) is 0 Å². The highest BCUT2D eigenvalue weighted by Crippen LogP contribution is 2.36. The van der Waals surface area contributed by atoms with Gasteiger partial charge in [-0.1, -0.05) is 29.8 Å². The van der Waals surface area contributed by atoms with Crippen LogP contribution in [0.25, 0.3) is 0 Å². The minimum absolute atomic E-state index is 0.0280. The number of ether oxygens (including phenoxy) is 2. The molecule has 3 atom stereocenters. The molecule has 2 N–H and O–H groups in total. The van der Waals surface area contributed by atoms with Crippen LogP contribution < -0.4 is 0 Å². The van der Waals surface area contributed by atoms with Gasteiger partial charge in [0, 0.05) is 18.6 Å². The van der Waals surface area contributed by atoms with Crippen molar-refractivity contribution in [3.05, 3.63) is 58.1 Å². The molecular formula is C16H16ClFO5. The van der Waals surface area contributed by atoms with Crippen molar-refractivity contribution in [1.82, 2.24) is 0 Å². The summed E-state index contributed by atoms with van der Waals surface area (Å²) in [5, 5.41) is 19.7. The molecule has 0 saturated heterocycles. The van der Waals surface area contributed by atoms with Crippen LogP contribution in [0.3, 0.4) is 0 Å². The molecule has 0 aliphatic heterocycles. The van der Waals surface area contributed by atoms with Gasteiger partial charge in [0.15, 0.2) is 0 Å². The second kappa shape index (κ2) is 7.12. The molecule has 5 nitrogen and oxygen atoms in total. The lowest BCUT2D eigenvalue weighted by Crippen LogP contribution is -2.30. The van der Waals surface area contributed by atoms with Gasteiger partial charge >= 0.3 is 5.97 Å². The molecule has 0 aromatic heterocycles. The number of aliphatic carboxylic acids is 1. The van der Waals surface area contributed by atoms with Gasteiger partial charge in [-0.25, -0.2) is 9.18 Å². The normalized spacial score (nSPS) is 22.1. The van der Waals surface area contributed by atoms with Crippen molar-refractivity contribution < 1.29 is 28.9 Å². The minimum atomic E-state index is -1.33. The van der Waals surface area contributed by atoms with E-state index in [2.05, 4.69) is 0 Å². The zero-order valence-electron chi connectivity index (χ0n) is 12.5. The number of halogens is 2. The highest BCUT2D eigenvalue weighted by molar-refractivity contribution is 6.30. The van der Waals surface area contributed by atoms with Gasteiger partial charge in [-0.15, -0.1) is 0 Å². The summed E-state index contributed by atoms with van der Waals surface area (Å²) in [5.74, 6) is -2.64. The maximum absolute atomic E-state index is 14.1. The molecule has 2 rings (SSSR count). The Morgan fingerprint density at radius 2 is 2.04 bits per heavy atom. The third-order valence-electron chi connectivity index (χ3n) is 3.71. The van der Waals surface area contributed by atoms with Crippen molar-refractivity contribution in [2.75, 3.05) is 14.2 Å². The van der Waals surface area contributed by atoms with Crippen molar-refractivity contribution in [3.63, 3.8) is 0 Å². The fourth-order valence-electron chi connectivity index (χ4n) is 2.53. The number of aliphatic hydroxyl groups excluding tert-OH is 1. The molecule has 0 heterocycles. The summed E-state index contributed by atoms with van der Waals surface area (Å²) in [6.45, 7) is 0. The molecule has 124 valence electrons. The highest BCUT2D eigenvalue weighted by atomic mass is 35.5. The van der Waals surface area contributed by atoms with Crippen LogP contribution >= 0.6 is 11.6 Å². The van der Waals surface area contributed by atoms with Crippen LogP contribution in [0.4, 0.5) is 4.39 Å². The van der Waals surface area contributed by atoms with Crippen molar-refractivity contribution in [2.45, 2.75) is 12.2 Å². The van der Waals surface area contributed by atoms with Crippen molar-refractivity contribution in [3.8, 4) is 0 Å². The van der Waals surface area contributed by atoms with Gasteiger partial charge in [-0.05, 0) is 12.1 Å². The van der Waals surface area contributed by atoms with E-state index in [4.69, 9.17) is 21.1 Å². The zero-order valence-corrected chi connectivity index (χ0v) is 13.2. The molecule has 0 fully saturated rings. The first-order valence-electron chi connectivity index (χ1n) is 6.76. The molecule has 0 bridgehead atoms. The quantitative estimate of drug-likeness (QED) is 0.860. The Morgan fingerprint density at radius 1 is 1.35 bits per heavy atom. The van der Waals surface area contributed by atoms with Gasteiger partial charge in [-0.2, -0.15) is 0 Å². The summed E-state index contributed by atoms with van der Waals surface area (Å²) in [4.78, 5) is 11.3. The van der Waals surface area contributed by atoms with Gasteiger partial charge in [0.05, 0.1) is 29.9 Å². The van der Waals surface area contributed by atoms with E-state index < -0.39 is 29.9 Å². The van der Waals surface area contributed by atoms with Gasteiger partial charge in [0.25, 0.3) is 0 Å². The van der Waals surface area contributed by atoms with Crippen LogP contribution in [-0.2, 0) is 14.3 Å². The van der Waals surface area contributed by atoms with Crippen LogP contribution in [0, 0.1) is 11.7 Å². The fraction of sp³-hybridized carbons (Fsp3) is 0.312. The predicted octanol–water partition coefficient (Wildman–Crippen LogP) is 2.70. The SMILES string of the molecule is COC1=CC(OC)C(C(O)c2cccc(Cl)c2F)C=C1C(=O)O. The molecule has 0 spiro atoms. The van der Waals surface area contributed by atoms with Crippen molar-refractivity contribution in [1.29, 1.82) is 0 Å². The molecule has 23 heavy (non-hydrogen) atoms. The lowest BCUT2D eigenvalue weighted by molar-refractivity contribution is -0.132. The number of carbonyl (C=O) groups is 1. The summed E-state index contributed by atoms with van der Waals surface area (Å²) < 4.78 is 24.4. The molecule has 1 aliphatic carbocycles. The number of aliphatic hydroxyl groups is 1. The van der Waals surface area contributed by atoms with Gasteiger partial charge < -0.3 is 19.7 Å². The van der Waals surface area contributed by atoms with E-state index in [1.165, 1.54) is 44.6 Å². The number of benzene rings is 1. The van der Waals surface area contributed by atoms with Crippen LogP contribution in [0.2, 0.25) is 5.02 Å². The Bertz CT molecular complexity index is 670. The molecule has 3 unspecified atom stereocenters. The third kappa shape index (κ3) is 3.39. The Labute approximate surface area is 137 Å². The Hall–Kier alpha value is -1.89. The van der Waals surface area contributed by atoms with Crippen molar-refractivity contribution >= 4 is 17.6 Å². The second-order valence-corrected chi connectivity index (χ2v) is 5.39. The number of methoxy groups -OCH3 is 2. The fourth-order valence-corrected chi connectivity index (χ4v) is 2.71. The predicted molar refractivity (Wildman–Crippen MR) is 81.5 cm³/mol. The molecule has 0 saturated carbocycles. The average molecular weight is 343 g/mol. The average Bonchev–Trinajstić information content (AvgIpc) is 2.55. The van der Waals surface area contributed by atoms with E-state index in [-0.39, 0.29) is 21.9 Å². The molecule has 7 heteroatoms. The van der Waals surface area contributed by atoms with Crippen LogP contribution in [0.15, 0.2) is 41.7 Å². The van der Waals surface area contributed by atoms with Crippen LogP contribution in [-0.4, -0.2) is 36.5 Å². The highest BCUT2D eigenvalue weighted by Gasteiger charge is 2.35. The molecule has 1 aromatic carbocycles. The smallest absolute Gasteiger partial charge is 0.339 e. The molecular weight excluding hydrogens is 327 g/mol. The monoisotopic (exact) mass is 342 g/mol. The Morgan fingerprint density at radius 3 is 2.61 bits per heavy atom. The molecule has 0 amide bonds. The zero-order chi connectivity index (χ0) is 17.1. The van der Waals surface area contributed by atoms with Gasteiger partial charge in [0.2, 0.25) is 0 Å². The first-order valence-corrected chi connectivity index (χ1v) is 7.14. The largest absolute Gasteiger partial charge is 0.496 e. The Kier molecular flexibility index (Phi) is 5.41. The van der Waals surface area contributed by atoms with E-state index in [0.717, 1.165) is 0 Å². The summed E-state index contributed by atoms with van der Waals surface area (Å²) in [5.41, 5.74) is -0.146. The first kappa shape index (κ1) is 17.5. The summed E-state index contributed by atoms with van der Waals surface area (Å²) in [6.07, 6.45) is 0.740. The van der Waals surface area contributed by atoms with Crippen molar-refractivity contribution in [2.24, 2.45) is 5.92 Å². The van der Waals surface area contributed by atoms with Crippen LogP contribution in [0.1, 0.15) is 11.7 Å². The maximum Gasteiger partial charge on any atom is 0.339 e. The summed E-state index contributed by atoms with van der Waals surface area (Å²) in [7, 11) is 2.74. The maximum atomic E-state index is 14.1. The summed E-state index contributed by atoms with van der Waals surface area (Å²) in [6, 6.07) is 4.26. The van der Waals surface area contributed by atoms with E-state index in [9.17, 15) is 19.4 Å². The van der Waals surface area contributed by atoms with E-state index in [1.54, 1.807) is 0 Å². The molecule has 1 aliphatic rings. The van der Waals surface area contributed by atoms with E-state index in [1.807, 2.05) is 0 Å². The first-order chi connectivity index (χ1) is 10.9. The lowest BCUT2D eigenvalue weighted by atomic mass is 9.84. The number of hydrogen-bond donors (Lipinski definition) is 2. The number of rotatable bonds is 5.